The van der Waals surface area contributed by atoms with Crippen LogP contribution in [0.3, 0.4) is 0 Å². The molecule has 2 aromatic carbocycles. The molecular weight excluding hydrogens is 348 g/mol. The highest BCUT2D eigenvalue weighted by molar-refractivity contribution is 5.95. The van der Waals surface area contributed by atoms with Crippen LogP contribution in [0.15, 0.2) is 60.8 Å². The van der Waals surface area contributed by atoms with Crippen LogP contribution in [0.25, 0.3) is 11.3 Å². The maximum Gasteiger partial charge on any atom is 0.257 e. The van der Waals surface area contributed by atoms with Crippen molar-refractivity contribution >= 4 is 5.78 Å². The summed E-state index contributed by atoms with van der Waals surface area (Å²) in [5, 5.41) is 0. The standard InChI is InChI=1S/C24H27N2O2/c1-2-28-21-14-12-20(13-15-21)23(27)18-25-17-22(19-9-5-3-6-10-19)26-16-8-4-7-11-24(25)26/h3,5-6,9-10,12-15,17H,2,4,7-8,11,16,18H2,1H3/q+1. The van der Waals surface area contributed by atoms with E-state index in [0.29, 0.717) is 13.2 Å². The molecule has 4 heteroatoms. The number of fused-ring (bicyclic) bond motifs is 1. The monoisotopic (exact) mass is 375 g/mol. The SMILES string of the molecule is CCOc1ccc(C(=O)C[n+]2cc(-c3ccccc3)n3c2CCCCC3)cc1. The number of hydrogen-bond acceptors (Lipinski definition) is 2. The minimum Gasteiger partial charge on any atom is -0.494 e. The second kappa shape index (κ2) is 8.42. The normalized spacial score (nSPS) is 13.6. The molecule has 0 atom stereocenters. The first-order chi connectivity index (χ1) is 13.8. The lowest BCUT2D eigenvalue weighted by molar-refractivity contribution is -0.690. The van der Waals surface area contributed by atoms with Gasteiger partial charge in [-0.25, -0.2) is 9.13 Å². The quantitative estimate of drug-likeness (QED) is 0.471. The zero-order valence-corrected chi connectivity index (χ0v) is 16.4. The molecule has 1 aromatic heterocycles. The van der Waals surface area contributed by atoms with Gasteiger partial charge in [-0.05, 0) is 50.5 Å². The van der Waals surface area contributed by atoms with Crippen LogP contribution in [0.1, 0.15) is 42.4 Å². The number of aromatic nitrogens is 2. The highest BCUT2D eigenvalue weighted by Crippen LogP contribution is 2.24. The lowest BCUT2D eigenvalue weighted by atomic mass is 10.1. The lowest BCUT2D eigenvalue weighted by Crippen LogP contribution is -2.40. The third-order valence-corrected chi connectivity index (χ3v) is 5.36. The molecule has 0 amide bonds. The molecule has 4 rings (SSSR count). The van der Waals surface area contributed by atoms with Gasteiger partial charge in [-0.3, -0.25) is 4.79 Å². The number of ether oxygens (including phenoxy) is 1. The van der Waals surface area contributed by atoms with Crippen molar-refractivity contribution < 1.29 is 14.1 Å². The smallest absolute Gasteiger partial charge is 0.257 e. The molecule has 1 aliphatic heterocycles. The summed E-state index contributed by atoms with van der Waals surface area (Å²) in [4.78, 5) is 12.9. The Hall–Kier alpha value is -2.88. The van der Waals surface area contributed by atoms with Gasteiger partial charge in [-0.15, -0.1) is 0 Å². The number of Topliss-reactive ketones (excluding diaryl/α,β-unsaturated/α-hetero) is 1. The summed E-state index contributed by atoms with van der Waals surface area (Å²) in [6.07, 6.45) is 6.78. The summed E-state index contributed by atoms with van der Waals surface area (Å²) in [6, 6.07) is 17.9. The van der Waals surface area contributed by atoms with Crippen molar-refractivity contribution in [2.24, 2.45) is 0 Å². The Morgan fingerprint density at radius 1 is 1.04 bits per heavy atom. The number of ketones is 1. The van der Waals surface area contributed by atoms with E-state index in [1.807, 2.05) is 37.3 Å². The van der Waals surface area contributed by atoms with Gasteiger partial charge in [0, 0.05) is 17.5 Å². The Morgan fingerprint density at radius 2 is 1.82 bits per heavy atom. The van der Waals surface area contributed by atoms with E-state index < -0.39 is 0 Å². The van der Waals surface area contributed by atoms with Crippen molar-refractivity contribution in [3.05, 3.63) is 72.2 Å². The van der Waals surface area contributed by atoms with Crippen molar-refractivity contribution in [3.63, 3.8) is 0 Å². The summed E-state index contributed by atoms with van der Waals surface area (Å²) in [7, 11) is 0. The fourth-order valence-electron chi connectivity index (χ4n) is 3.97. The van der Waals surface area contributed by atoms with Crippen molar-refractivity contribution in [2.75, 3.05) is 6.61 Å². The van der Waals surface area contributed by atoms with Crippen LogP contribution in [-0.4, -0.2) is 17.0 Å². The Bertz CT molecular complexity index is 943. The Kier molecular flexibility index (Phi) is 5.56. The maximum atomic E-state index is 12.9. The molecule has 3 aromatic rings. The topological polar surface area (TPSA) is 35.1 Å². The van der Waals surface area contributed by atoms with Gasteiger partial charge in [-0.1, -0.05) is 30.3 Å². The van der Waals surface area contributed by atoms with Crippen molar-refractivity contribution in [2.45, 2.75) is 45.7 Å². The number of carbonyl (C=O) groups excluding carboxylic acids is 1. The number of carbonyl (C=O) groups is 1. The summed E-state index contributed by atoms with van der Waals surface area (Å²) >= 11 is 0. The van der Waals surface area contributed by atoms with Crippen LogP contribution in [0.4, 0.5) is 0 Å². The van der Waals surface area contributed by atoms with Gasteiger partial charge in [0.05, 0.1) is 13.2 Å². The van der Waals surface area contributed by atoms with Crippen LogP contribution >= 0.6 is 0 Å². The van der Waals surface area contributed by atoms with Gasteiger partial charge in [0.1, 0.15) is 11.9 Å². The minimum absolute atomic E-state index is 0.130. The predicted molar refractivity (Wildman–Crippen MR) is 110 cm³/mol. The Labute approximate surface area is 166 Å². The first-order valence-corrected chi connectivity index (χ1v) is 10.2. The fraction of sp³-hybridized carbons (Fsp3) is 0.333. The van der Waals surface area contributed by atoms with E-state index in [1.165, 1.54) is 36.3 Å². The summed E-state index contributed by atoms with van der Waals surface area (Å²) in [5.41, 5.74) is 3.14. The second-order valence-electron chi connectivity index (χ2n) is 7.27. The first kappa shape index (κ1) is 18.5. The summed E-state index contributed by atoms with van der Waals surface area (Å²) in [5.74, 6) is 2.19. The molecular formula is C24H27N2O2+. The highest BCUT2D eigenvalue weighted by atomic mass is 16.5. The molecule has 4 nitrogen and oxygen atoms in total. The summed E-state index contributed by atoms with van der Waals surface area (Å²) in [6.45, 7) is 3.97. The highest BCUT2D eigenvalue weighted by Gasteiger charge is 2.27. The van der Waals surface area contributed by atoms with Gasteiger partial charge in [-0.2, -0.15) is 0 Å². The van der Waals surface area contributed by atoms with E-state index in [9.17, 15) is 4.79 Å². The first-order valence-electron chi connectivity index (χ1n) is 10.2. The van der Waals surface area contributed by atoms with E-state index in [2.05, 4.69) is 39.6 Å². The van der Waals surface area contributed by atoms with E-state index in [0.717, 1.165) is 24.3 Å². The number of imidazole rings is 1. The molecule has 1 aliphatic rings. The van der Waals surface area contributed by atoms with Crippen molar-refractivity contribution in [3.8, 4) is 17.0 Å². The summed E-state index contributed by atoms with van der Waals surface area (Å²) < 4.78 is 10.0. The molecule has 0 saturated heterocycles. The number of nitrogens with zero attached hydrogens (tertiary/aromatic N) is 2. The number of rotatable bonds is 6. The van der Waals surface area contributed by atoms with Crippen LogP contribution in [0.2, 0.25) is 0 Å². The molecule has 0 saturated carbocycles. The third kappa shape index (κ3) is 3.86. The molecule has 0 bridgehead atoms. The van der Waals surface area contributed by atoms with Crippen molar-refractivity contribution in [1.82, 2.24) is 4.57 Å². The van der Waals surface area contributed by atoms with E-state index in [-0.39, 0.29) is 5.78 Å². The van der Waals surface area contributed by atoms with Crippen LogP contribution in [0.5, 0.6) is 5.75 Å². The molecule has 0 spiro atoms. The van der Waals surface area contributed by atoms with Crippen LogP contribution < -0.4 is 9.30 Å². The average molecular weight is 375 g/mol. The molecule has 0 aliphatic carbocycles. The molecule has 2 heterocycles. The van der Waals surface area contributed by atoms with Crippen LogP contribution in [0, 0.1) is 0 Å². The van der Waals surface area contributed by atoms with Gasteiger partial charge in [0.2, 0.25) is 5.78 Å². The zero-order chi connectivity index (χ0) is 19.3. The van der Waals surface area contributed by atoms with Crippen molar-refractivity contribution in [1.29, 1.82) is 0 Å². The number of hydrogen-bond donors (Lipinski definition) is 0. The second-order valence-corrected chi connectivity index (χ2v) is 7.27. The fourth-order valence-corrected chi connectivity index (χ4v) is 3.97. The Morgan fingerprint density at radius 3 is 2.57 bits per heavy atom. The molecule has 0 unspecified atom stereocenters. The van der Waals surface area contributed by atoms with Gasteiger partial charge < -0.3 is 4.74 Å². The van der Waals surface area contributed by atoms with Gasteiger partial charge in [0.25, 0.3) is 5.82 Å². The van der Waals surface area contributed by atoms with Gasteiger partial charge in [0.15, 0.2) is 12.2 Å². The van der Waals surface area contributed by atoms with E-state index in [1.54, 1.807) is 0 Å². The maximum absolute atomic E-state index is 12.9. The molecule has 0 fully saturated rings. The van der Waals surface area contributed by atoms with E-state index in [4.69, 9.17) is 4.74 Å². The molecule has 0 radical (unpaired) electrons. The van der Waals surface area contributed by atoms with Gasteiger partial charge >= 0.3 is 0 Å². The number of benzene rings is 2. The molecule has 28 heavy (non-hydrogen) atoms. The van der Waals surface area contributed by atoms with Crippen LogP contribution in [-0.2, 0) is 19.5 Å². The molecule has 0 N–H and O–H groups in total. The zero-order valence-electron chi connectivity index (χ0n) is 16.4. The Balaban J connectivity index is 1.64. The third-order valence-electron chi connectivity index (χ3n) is 5.36. The largest absolute Gasteiger partial charge is 0.494 e. The molecule has 144 valence electrons. The predicted octanol–water partition coefficient (Wildman–Crippen LogP) is 4.45. The lowest BCUT2D eigenvalue weighted by Gasteiger charge is -2.05. The van der Waals surface area contributed by atoms with E-state index >= 15 is 0 Å². The average Bonchev–Trinajstić information content (AvgIpc) is 2.90. The minimum atomic E-state index is 0.130.